The Morgan fingerprint density at radius 1 is 1.02 bits per heavy atom. The molecule has 5 aliphatic rings. The van der Waals surface area contributed by atoms with Crippen LogP contribution < -0.4 is 10.6 Å². The van der Waals surface area contributed by atoms with Crippen LogP contribution in [0, 0.1) is 11.8 Å². The molecule has 1 saturated heterocycles. The first-order valence-corrected chi connectivity index (χ1v) is 15.1. The molecule has 6 rings (SSSR count). The molecule has 42 heavy (non-hydrogen) atoms. The molecule has 0 aromatic heterocycles. The fourth-order valence-electron chi connectivity index (χ4n) is 6.46. The zero-order chi connectivity index (χ0) is 29.4. The fourth-order valence-corrected chi connectivity index (χ4v) is 6.46. The van der Waals surface area contributed by atoms with Crippen molar-refractivity contribution in [3.63, 3.8) is 0 Å². The van der Waals surface area contributed by atoms with E-state index in [4.69, 9.17) is 4.74 Å². The third kappa shape index (κ3) is 5.73. The smallest absolute Gasteiger partial charge is 0.410 e. The minimum absolute atomic E-state index is 0.0113. The van der Waals surface area contributed by atoms with Crippen molar-refractivity contribution in [1.82, 2.24) is 20.4 Å². The summed E-state index contributed by atoms with van der Waals surface area (Å²) in [4.78, 5) is 68.7. The second-order valence-corrected chi connectivity index (χ2v) is 12.4. The molecule has 3 heterocycles. The zero-order valence-corrected chi connectivity index (χ0v) is 23.6. The van der Waals surface area contributed by atoms with Gasteiger partial charge in [-0.2, -0.15) is 0 Å². The molecule has 11 heteroatoms. The first kappa shape index (κ1) is 28.2. The molecule has 0 bridgehead atoms. The normalized spacial score (nSPS) is 31.9. The van der Waals surface area contributed by atoms with E-state index in [-0.39, 0.29) is 37.1 Å². The van der Waals surface area contributed by atoms with Gasteiger partial charge < -0.3 is 25.4 Å². The van der Waals surface area contributed by atoms with Gasteiger partial charge in [0, 0.05) is 31.3 Å². The number of ether oxygens (including phenoxy) is 1. The van der Waals surface area contributed by atoms with Crippen molar-refractivity contribution in [1.29, 1.82) is 0 Å². The van der Waals surface area contributed by atoms with Crippen LogP contribution in [0.4, 0.5) is 4.79 Å². The van der Waals surface area contributed by atoms with Gasteiger partial charge in [0.1, 0.15) is 23.7 Å². The van der Waals surface area contributed by atoms with E-state index in [1.807, 2.05) is 36.4 Å². The minimum Gasteiger partial charge on any atom is -0.479 e. The average molecular weight is 579 g/mol. The Morgan fingerprint density at radius 3 is 2.45 bits per heavy atom. The van der Waals surface area contributed by atoms with Gasteiger partial charge in [-0.25, -0.2) is 9.59 Å². The molecule has 3 fully saturated rings. The molecule has 11 nitrogen and oxygen atoms in total. The molecule has 3 aliphatic heterocycles. The summed E-state index contributed by atoms with van der Waals surface area (Å²) >= 11 is 0. The van der Waals surface area contributed by atoms with Crippen LogP contribution in [-0.2, 0) is 37.0 Å². The Bertz CT molecular complexity index is 1280. The summed E-state index contributed by atoms with van der Waals surface area (Å²) < 4.78 is 5.84. The third-order valence-corrected chi connectivity index (χ3v) is 9.25. The SMILES string of the molecule is O=C(N[C@H]1CCCCC/C=C\[C@H]2C[C@@]2(C(=O)O)NC(=O)[C@@H]2C[C@@H](OC(=O)N3Cc4ccccc4C3)CN2C1=O)C1CC1. The number of amides is 4. The topological polar surface area (TPSA) is 145 Å². The number of carbonyl (C=O) groups excluding carboxylic acids is 4. The summed E-state index contributed by atoms with van der Waals surface area (Å²) in [7, 11) is 0. The minimum atomic E-state index is -1.42. The highest BCUT2D eigenvalue weighted by molar-refractivity contribution is 5.96. The van der Waals surface area contributed by atoms with E-state index in [0.717, 1.165) is 49.7 Å². The molecule has 1 aromatic carbocycles. The highest BCUT2D eigenvalue weighted by atomic mass is 16.6. The number of benzene rings is 1. The Labute approximate surface area is 244 Å². The summed E-state index contributed by atoms with van der Waals surface area (Å²) in [6.45, 7) is 0.821. The van der Waals surface area contributed by atoms with E-state index in [2.05, 4.69) is 10.6 Å². The van der Waals surface area contributed by atoms with Gasteiger partial charge in [0.05, 0.1) is 6.54 Å². The van der Waals surface area contributed by atoms with Crippen LogP contribution in [-0.4, -0.2) is 75.0 Å². The number of hydrogen-bond donors (Lipinski definition) is 3. The molecule has 5 atom stereocenters. The molecule has 2 saturated carbocycles. The van der Waals surface area contributed by atoms with Crippen molar-refractivity contribution in [2.75, 3.05) is 6.54 Å². The highest BCUT2D eigenvalue weighted by Crippen LogP contribution is 2.45. The molecular formula is C31H38N4O7. The van der Waals surface area contributed by atoms with Crippen molar-refractivity contribution in [2.24, 2.45) is 11.8 Å². The molecule has 0 spiro atoms. The summed E-state index contributed by atoms with van der Waals surface area (Å²) in [5.41, 5.74) is 0.673. The summed E-state index contributed by atoms with van der Waals surface area (Å²) in [6, 6.07) is 5.93. The molecule has 3 N–H and O–H groups in total. The van der Waals surface area contributed by atoms with E-state index < -0.39 is 47.6 Å². The van der Waals surface area contributed by atoms with Crippen molar-refractivity contribution in [3.8, 4) is 0 Å². The van der Waals surface area contributed by atoms with Gasteiger partial charge in [0.2, 0.25) is 17.7 Å². The molecule has 224 valence electrons. The lowest BCUT2D eigenvalue weighted by Crippen LogP contribution is -2.56. The number of hydrogen-bond acceptors (Lipinski definition) is 6. The monoisotopic (exact) mass is 578 g/mol. The van der Waals surface area contributed by atoms with Crippen LogP contribution >= 0.6 is 0 Å². The lowest BCUT2D eigenvalue weighted by atomic mass is 10.0. The molecule has 0 unspecified atom stereocenters. The summed E-state index contributed by atoms with van der Waals surface area (Å²) in [6.07, 6.45) is 8.11. The predicted octanol–water partition coefficient (Wildman–Crippen LogP) is 2.48. The lowest BCUT2D eigenvalue weighted by molar-refractivity contribution is -0.146. The van der Waals surface area contributed by atoms with Gasteiger partial charge in [-0.15, -0.1) is 0 Å². The summed E-state index contributed by atoms with van der Waals surface area (Å²) in [5, 5.41) is 15.7. The average Bonchev–Trinajstić information content (AvgIpc) is 3.85. The summed E-state index contributed by atoms with van der Waals surface area (Å²) in [5.74, 6) is -2.67. The maximum absolute atomic E-state index is 14.0. The van der Waals surface area contributed by atoms with Crippen molar-refractivity contribution in [2.45, 2.75) is 94.6 Å². The highest BCUT2D eigenvalue weighted by Gasteiger charge is 2.61. The van der Waals surface area contributed by atoms with Gasteiger partial charge in [0.25, 0.3) is 0 Å². The second-order valence-electron chi connectivity index (χ2n) is 12.4. The van der Waals surface area contributed by atoms with Gasteiger partial charge in [-0.1, -0.05) is 49.3 Å². The zero-order valence-electron chi connectivity index (χ0n) is 23.6. The van der Waals surface area contributed by atoms with Crippen molar-refractivity contribution >= 4 is 29.8 Å². The van der Waals surface area contributed by atoms with E-state index in [0.29, 0.717) is 19.5 Å². The molecule has 4 amide bonds. The number of fused-ring (bicyclic) bond motifs is 3. The number of carbonyl (C=O) groups is 5. The van der Waals surface area contributed by atoms with E-state index in [1.165, 1.54) is 4.90 Å². The van der Waals surface area contributed by atoms with Gasteiger partial charge in [-0.05, 0) is 49.7 Å². The van der Waals surface area contributed by atoms with Crippen LogP contribution in [0.5, 0.6) is 0 Å². The third-order valence-electron chi connectivity index (χ3n) is 9.25. The fraction of sp³-hybridized carbons (Fsp3) is 0.581. The van der Waals surface area contributed by atoms with Crippen LogP contribution in [0.15, 0.2) is 36.4 Å². The van der Waals surface area contributed by atoms with Crippen LogP contribution in [0.25, 0.3) is 0 Å². The van der Waals surface area contributed by atoms with Crippen LogP contribution in [0.2, 0.25) is 0 Å². The standard InChI is InChI=1S/C31H38N4O7/c36-26(19-12-13-19)32-24-11-5-3-1-2-4-10-22-15-31(22,29(39)40)33-27(37)25-14-23(18-35(25)28(24)38)42-30(41)34-16-20-8-6-7-9-21(20)17-34/h4,6-10,19,22-25H,1-3,5,11-18H2,(H,32,36)(H,33,37)(H,39,40)/b10-4-/t22-,23+,24-,25-,31+/m0/s1. The lowest BCUT2D eigenvalue weighted by Gasteiger charge is -2.29. The molecule has 1 aromatic rings. The number of aliphatic carboxylic acids is 1. The van der Waals surface area contributed by atoms with Gasteiger partial charge in [0.15, 0.2) is 0 Å². The quantitative estimate of drug-likeness (QED) is 0.466. The van der Waals surface area contributed by atoms with E-state index >= 15 is 0 Å². The van der Waals surface area contributed by atoms with Gasteiger partial charge >= 0.3 is 12.1 Å². The number of rotatable bonds is 4. The molecule has 0 radical (unpaired) electrons. The Kier molecular flexibility index (Phi) is 7.67. The first-order valence-electron chi connectivity index (χ1n) is 15.1. The van der Waals surface area contributed by atoms with Crippen LogP contribution in [0.3, 0.4) is 0 Å². The Balaban J connectivity index is 1.22. The number of carboxylic acids is 1. The predicted molar refractivity (Wildman–Crippen MR) is 150 cm³/mol. The van der Waals surface area contributed by atoms with Crippen molar-refractivity contribution in [3.05, 3.63) is 47.5 Å². The van der Waals surface area contributed by atoms with Crippen LogP contribution in [0.1, 0.15) is 68.9 Å². The Hall–Kier alpha value is -3.89. The number of carboxylic acid groups (broad SMARTS) is 1. The number of nitrogens with zero attached hydrogens (tertiary/aromatic N) is 2. The Morgan fingerprint density at radius 2 is 1.76 bits per heavy atom. The van der Waals surface area contributed by atoms with Crippen molar-refractivity contribution < 1.29 is 33.8 Å². The number of allylic oxidation sites excluding steroid dienone is 1. The first-order chi connectivity index (χ1) is 20.2. The number of nitrogens with one attached hydrogen (secondary N) is 2. The molecular weight excluding hydrogens is 540 g/mol. The maximum Gasteiger partial charge on any atom is 0.410 e. The van der Waals surface area contributed by atoms with E-state index in [9.17, 15) is 29.1 Å². The molecule has 2 aliphatic carbocycles. The maximum atomic E-state index is 14.0. The largest absolute Gasteiger partial charge is 0.479 e. The van der Waals surface area contributed by atoms with E-state index in [1.54, 1.807) is 4.90 Å². The second kappa shape index (κ2) is 11.4. The van der Waals surface area contributed by atoms with Gasteiger partial charge in [-0.3, -0.25) is 19.3 Å².